The molecule has 0 aromatic carbocycles. The maximum absolute atomic E-state index is 11.9. The highest BCUT2D eigenvalue weighted by Crippen LogP contribution is 2.11. The van der Waals surface area contributed by atoms with Crippen molar-refractivity contribution in [1.82, 2.24) is 20.7 Å². The van der Waals surface area contributed by atoms with Gasteiger partial charge in [0.2, 0.25) is 0 Å². The fourth-order valence-corrected chi connectivity index (χ4v) is 1.48. The highest BCUT2D eigenvalue weighted by atomic mass is 16.5. The van der Waals surface area contributed by atoms with Crippen LogP contribution in [0.15, 0.2) is 23.0 Å². The van der Waals surface area contributed by atoms with Gasteiger partial charge in [-0.25, -0.2) is 0 Å². The van der Waals surface area contributed by atoms with Crippen LogP contribution in [0, 0.1) is 0 Å². The Morgan fingerprint density at radius 3 is 3.17 bits per heavy atom. The van der Waals surface area contributed by atoms with E-state index in [-0.39, 0.29) is 24.2 Å². The number of ether oxygens (including phenoxy) is 1. The van der Waals surface area contributed by atoms with Crippen LogP contribution in [0.25, 0.3) is 0 Å². The molecule has 0 spiro atoms. The Hall–Kier alpha value is -2.15. The Balaban J connectivity index is 1.98. The van der Waals surface area contributed by atoms with E-state index in [0.717, 1.165) is 5.56 Å². The number of aromatic amines is 1. The number of methoxy groups -OCH3 is 1. The molecule has 7 nitrogen and oxygen atoms in total. The molecule has 2 heterocycles. The maximum atomic E-state index is 11.9. The van der Waals surface area contributed by atoms with E-state index < -0.39 is 0 Å². The summed E-state index contributed by atoms with van der Waals surface area (Å²) < 4.78 is 9.83. The quantitative estimate of drug-likeness (QED) is 0.826. The van der Waals surface area contributed by atoms with Crippen LogP contribution in [0.4, 0.5) is 0 Å². The summed E-state index contributed by atoms with van der Waals surface area (Å²) >= 11 is 0. The molecule has 0 aliphatic carbocycles. The molecule has 0 saturated heterocycles. The summed E-state index contributed by atoms with van der Waals surface area (Å²) in [6.07, 6.45) is 3.38. The molecule has 1 amide bonds. The van der Waals surface area contributed by atoms with Crippen molar-refractivity contribution in [2.75, 3.05) is 7.11 Å². The number of amides is 1. The molecule has 96 valence electrons. The van der Waals surface area contributed by atoms with Gasteiger partial charge in [-0.05, 0) is 6.92 Å². The summed E-state index contributed by atoms with van der Waals surface area (Å²) in [5.41, 5.74) is 1.13. The number of hydrogen-bond donors (Lipinski definition) is 2. The van der Waals surface area contributed by atoms with Crippen molar-refractivity contribution in [1.29, 1.82) is 0 Å². The van der Waals surface area contributed by atoms with Crippen LogP contribution < -0.4 is 5.32 Å². The van der Waals surface area contributed by atoms with Crippen molar-refractivity contribution >= 4 is 5.91 Å². The first-order valence-electron chi connectivity index (χ1n) is 5.44. The second-order valence-electron chi connectivity index (χ2n) is 3.84. The van der Waals surface area contributed by atoms with Gasteiger partial charge < -0.3 is 14.6 Å². The van der Waals surface area contributed by atoms with Crippen molar-refractivity contribution in [2.45, 2.75) is 19.6 Å². The van der Waals surface area contributed by atoms with E-state index in [1.807, 2.05) is 6.92 Å². The molecule has 2 aromatic rings. The molecule has 2 rings (SSSR count). The molecule has 1 atom stereocenters. The van der Waals surface area contributed by atoms with E-state index in [9.17, 15) is 4.79 Å². The fourth-order valence-electron chi connectivity index (χ4n) is 1.48. The lowest BCUT2D eigenvalue weighted by Crippen LogP contribution is -2.26. The minimum Gasteiger partial charge on any atom is -0.377 e. The first-order chi connectivity index (χ1) is 8.70. The molecule has 0 radical (unpaired) electrons. The predicted molar refractivity (Wildman–Crippen MR) is 61.7 cm³/mol. The number of H-pyrrole nitrogens is 1. The fraction of sp³-hybridized carbons (Fsp3) is 0.364. The lowest BCUT2D eigenvalue weighted by Gasteiger charge is -2.09. The second-order valence-corrected chi connectivity index (χ2v) is 3.84. The van der Waals surface area contributed by atoms with Crippen LogP contribution in [-0.2, 0) is 11.3 Å². The van der Waals surface area contributed by atoms with Gasteiger partial charge in [0.25, 0.3) is 5.91 Å². The zero-order valence-corrected chi connectivity index (χ0v) is 10.1. The summed E-state index contributed by atoms with van der Waals surface area (Å²) in [5.74, 6) is 0.216. The third-order valence-electron chi connectivity index (χ3n) is 2.45. The Morgan fingerprint density at radius 1 is 1.67 bits per heavy atom. The van der Waals surface area contributed by atoms with Crippen molar-refractivity contribution in [2.24, 2.45) is 0 Å². The topological polar surface area (TPSA) is 93.0 Å². The van der Waals surface area contributed by atoms with Crippen LogP contribution in [0.5, 0.6) is 0 Å². The number of rotatable bonds is 5. The first kappa shape index (κ1) is 12.3. The largest absolute Gasteiger partial charge is 0.377 e. The predicted octanol–water partition coefficient (Wildman–Crippen LogP) is 1.04. The van der Waals surface area contributed by atoms with Gasteiger partial charge in [-0.2, -0.15) is 5.10 Å². The van der Waals surface area contributed by atoms with E-state index in [4.69, 9.17) is 9.26 Å². The standard InChI is InChI=1S/C11H14N4O3/c1-7(8-4-12-13-5-8)14-11(16)10-3-9(6-17-2)18-15-10/h3-5,7H,6H2,1-2H3,(H,12,13)(H,14,16). The average molecular weight is 250 g/mol. The second kappa shape index (κ2) is 5.46. The molecule has 7 heteroatoms. The molecule has 2 N–H and O–H groups in total. The van der Waals surface area contributed by atoms with Crippen LogP contribution in [0.3, 0.4) is 0 Å². The third-order valence-corrected chi connectivity index (χ3v) is 2.45. The average Bonchev–Trinajstić information content (AvgIpc) is 3.00. The van der Waals surface area contributed by atoms with Crippen molar-refractivity contribution < 1.29 is 14.1 Å². The van der Waals surface area contributed by atoms with E-state index in [1.165, 1.54) is 0 Å². The first-order valence-corrected chi connectivity index (χ1v) is 5.44. The van der Waals surface area contributed by atoms with E-state index >= 15 is 0 Å². The number of carbonyl (C=O) groups excluding carboxylic acids is 1. The van der Waals surface area contributed by atoms with Gasteiger partial charge in [0.15, 0.2) is 11.5 Å². The minimum atomic E-state index is -0.296. The molecule has 0 aliphatic rings. The molecule has 1 unspecified atom stereocenters. The van der Waals surface area contributed by atoms with E-state index in [2.05, 4.69) is 20.7 Å². The summed E-state index contributed by atoms with van der Waals surface area (Å²) in [7, 11) is 1.54. The van der Waals surface area contributed by atoms with Crippen LogP contribution in [0.1, 0.15) is 34.8 Å². The van der Waals surface area contributed by atoms with Gasteiger partial charge in [0.05, 0.1) is 12.2 Å². The van der Waals surface area contributed by atoms with Crippen molar-refractivity contribution in [3.8, 4) is 0 Å². The third kappa shape index (κ3) is 2.75. The van der Waals surface area contributed by atoms with Gasteiger partial charge in [0, 0.05) is 24.9 Å². The van der Waals surface area contributed by atoms with E-state index in [1.54, 1.807) is 25.6 Å². The molecule has 0 aliphatic heterocycles. The van der Waals surface area contributed by atoms with Crippen molar-refractivity contribution in [3.63, 3.8) is 0 Å². The van der Waals surface area contributed by atoms with Gasteiger partial charge in [-0.1, -0.05) is 5.16 Å². The molecule has 2 aromatic heterocycles. The van der Waals surface area contributed by atoms with Gasteiger partial charge in [-0.3, -0.25) is 9.89 Å². The summed E-state index contributed by atoms with van der Waals surface area (Å²) in [4.78, 5) is 11.9. The molecule has 18 heavy (non-hydrogen) atoms. The number of hydrogen-bond acceptors (Lipinski definition) is 5. The van der Waals surface area contributed by atoms with E-state index in [0.29, 0.717) is 5.76 Å². The number of aromatic nitrogens is 3. The monoisotopic (exact) mass is 250 g/mol. The van der Waals surface area contributed by atoms with Gasteiger partial charge in [-0.15, -0.1) is 0 Å². The van der Waals surface area contributed by atoms with Crippen molar-refractivity contribution in [3.05, 3.63) is 35.5 Å². The number of nitrogens with zero attached hydrogens (tertiary/aromatic N) is 2. The number of carbonyl (C=O) groups is 1. The lowest BCUT2D eigenvalue weighted by molar-refractivity contribution is 0.0930. The summed E-state index contributed by atoms with van der Waals surface area (Å²) in [5, 5.41) is 13.0. The Kier molecular flexibility index (Phi) is 3.73. The molecule has 0 bridgehead atoms. The normalized spacial score (nSPS) is 12.3. The van der Waals surface area contributed by atoms with Crippen LogP contribution >= 0.6 is 0 Å². The maximum Gasteiger partial charge on any atom is 0.273 e. The Morgan fingerprint density at radius 2 is 2.50 bits per heavy atom. The highest BCUT2D eigenvalue weighted by molar-refractivity contribution is 5.92. The Labute approximate surface area is 104 Å². The SMILES string of the molecule is COCc1cc(C(=O)NC(C)c2cn[nH]c2)no1. The Bertz CT molecular complexity index is 506. The smallest absolute Gasteiger partial charge is 0.273 e. The zero-order valence-electron chi connectivity index (χ0n) is 10.1. The minimum absolute atomic E-state index is 0.154. The highest BCUT2D eigenvalue weighted by Gasteiger charge is 2.16. The van der Waals surface area contributed by atoms with Gasteiger partial charge >= 0.3 is 0 Å². The number of nitrogens with one attached hydrogen (secondary N) is 2. The van der Waals surface area contributed by atoms with Crippen LogP contribution in [0.2, 0.25) is 0 Å². The molecular formula is C11H14N4O3. The summed E-state index contributed by atoms with van der Waals surface area (Å²) in [6, 6.07) is 1.40. The lowest BCUT2D eigenvalue weighted by atomic mass is 10.2. The summed E-state index contributed by atoms with van der Waals surface area (Å²) in [6.45, 7) is 2.15. The van der Waals surface area contributed by atoms with Gasteiger partial charge in [0.1, 0.15) is 6.61 Å². The molecule has 0 fully saturated rings. The zero-order chi connectivity index (χ0) is 13.0. The molecule has 0 saturated carbocycles. The molecular weight excluding hydrogens is 236 g/mol. The van der Waals surface area contributed by atoms with Crippen LogP contribution in [-0.4, -0.2) is 28.4 Å².